The number of imidazole rings is 1. The van der Waals surface area contributed by atoms with Crippen molar-refractivity contribution >= 4 is 50.3 Å². The summed E-state index contributed by atoms with van der Waals surface area (Å²) < 4.78 is 3.23. The molecular weight excluding hydrogens is 478 g/mol. The summed E-state index contributed by atoms with van der Waals surface area (Å²) in [5, 5.41) is 7.46. The SMILES string of the molecule is Cc1cccn2c(NC(=O)Cn3cnc4scc(-c5cccs5)c4c3=O)c(-c3ccccc3)nc12. The van der Waals surface area contributed by atoms with Gasteiger partial charge in [-0.25, -0.2) is 9.97 Å². The van der Waals surface area contributed by atoms with Crippen LogP contribution in [0.15, 0.2) is 82.7 Å². The molecule has 0 aliphatic carbocycles. The second kappa shape index (κ2) is 8.61. The number of fused-ring (bicyclic) bond motifs is 2. The monoisotopic (exact) mass is 497 g/mol. The van der Waals surface area contributed by atoms with E-state index in [-0.39, 0.29) is 18.0 Å². The molecule has 6 aromatic rings. The number of hydrogen-bond donors (Lipinski definition) is 1. The maximum Gasteiger partial charge on any atom is 0.263 e. The molecule has 0 spiro atoms. The first-order valence-corrected chi connectivity index (χ1v) is 12.7. The molecule has 0 radical (unpaired) electrons. The van der Waals surface area contributed by atoms with E-state index < -0.39 is 0 Å². The zero-order chi connectivity index (χ0) is 23.9. The molecular formula is C26H19N5O2S2. The number of carbonyl (C=O) groups excluding carboxylic acids is 1. The number of carbonyl (C=O) groups is 1. The van der Waals surface area contributed by atoms with Crippen LogP contribution >= 0.6 is 22.7 Å². The first-order chi connectivity index (χ1) is 17.1. The van der Waals surface area contributed by atoms with Crippen molar-refractivity contribution < 1.29 is 4.79 Å². The Kier molecular flexibility index (Phi) is 5.28. The first kappa shape index (κ1) is 21.5. The molecule has 0 saturated heterocycles. The van der Waals surface area contributed by atoms with E-state index >= 15 is 0 Å². The van der Waals surface area contributed by atoms with Crippen LogP contribution in [0, 0.1) is 6.92 Å². The third-order valence-electron chi connectivity index (χ3n) is 5.81. The molecule has 0 atom stereocenters. The molecule has 5 heterocycles. The molecule has 35 heavy (non-hydrogen) atoms. The molecule has 1 amide bonds. The smallest absolute Gasteiger partial charge is 0.263 e. The lowest BCUT2D eigenvalue weighted by Gasteiger charge is -2.10. The summed E-state index contributed by atoms with van der Waals surface area (Å²) in [6.07, 6.45) is 3.31. The number of amides is 1. The summed E-state index contributed by atoms with van der Waals surface area (Å²) in [7, 11) is 0. The largest absolute Gasteiger partial charge is 0.308 e. The average Bonchev–Trinajstić information content (AvgIpc) is 3.61. The van der Waals surface area contributed by atoms with Gasteiger partial charge in [0.05, 0.1) is 11.7 Å². The highest BCUT2D eigenvalue weighted by Crippen LogP contribution is 2.33. The lowest BCUT2D eigenvalue weighted by atomic mass is 10.1. The van der Waals surface area contributed by atoms with Gasteiger partial charge in [0.2, 0.25) is 5.91 Å². The molecule has 0 bridgehead atoms. The van der Waals surface area contributed by atoms with Gasteiger partial charge in [-0.2, -0.15) is 0 Å². The van der Waals surface area contributed by atoms with Gasteiger partial charge in [-0.05, 0) is 30.0 Å². The summed E-state index contributed by atoms with van der Waals surface area (Å²) in [6, 6.07) is 17.5. The highest BCUT2D eigenvalue weighted by Gasteiger charge is 2.19. The van der Waals surface area contributed by atoms with Gasteiger partial charge in [0.15, 0.2) is 0 Å². The standard InChI is InChI=1S/C26H19N5O2S2/c1-16-7-5-11-31-23(16)29-22(17-8-3-2-4-9-17)24(31)28-20(32)13-30-15-27-25-21(26(30)33)18(14-35-25)19-10-6-12-34-19/h2-12,14-15H,13H2,1H3,(H,28,32). The molecule has 9 heteroatoms. The average molecular weight is 498 g/mol. The van der Waals surface area contributed by atoms with Crippen LogP contribution in [0.5, 0.6) is 0 Å². The zero-order valence-corrected chi connectivity index (χ0v) is 20.3. The van der Waals surface area contributed by atoms with Crippen molar-refractivity contribution in [3.8, 4) is 21.7 Å². The number of aromatic nitrogens is 4. The number of nitrogens with zero attached hydrogens (tertiary/aromatic N) is 4. The maximum atomic E-state index is 13.3. The van der Waals surface area contributed by atoms with Crippen LogP contribution in [0.1, 0.15) is 5.56 Å². The lowest BCUT2D eigenvalue weighted by molar-refractivity contribution is -0.116. The molecule has 0 aliphatic rings. The second-order valence-corrected chi connectivity index (χ2v) is 9.90. The van der Waals surface area contributed by atoms with Gasteiger partial charge in [-0.15, -0.1) is 22.7 Å². The van der Waals surface area contributed by atoms with Crippen LogP contribution in [-0.4, -0.2) is 24.8 Å². The molecule has 0 fully saturated rings. The van der Waals surface area contributed by atoms with Crippen molar-refractivity contribution in [3.63, 3.8) is 0 Å². The Balaban J connectivity index is 1.38. The lowest BCUT2D eigenvalue weighted by Crippen LogP contribution is -2.28. The van der Waals surface area contributed by atoms with Gasteiger partial charge in [0.1, 0.15) is 28.5 Å². The van der Waals surface area contributed by atoms with Crippen molar-refractivity contribution in [2.45, 2.75) is 13.5 Å². The van der Waals surface area contributed by atoms with Crippen LogP contribution in [0.4, 0.5) is 5.82 Å². The van der Waals surface area contributed by atoms with Crippen LogP contribution in [0.2, 0.25) is 0 Å². The van der Waals surface area contributed by atoms with E-state index in [1.54, 1.807) is 11.3 Å². The summed E-state index contributed by atoms with van der Waals surface area (Å²) in [5.74, 6) is 0.235. The maximum absolute atomic E-state index is 13.3. The predicted octanol–water partition coefficient (Wildman–Crippen LogP) is 5.45. The summed E-state index contributed by atoms with van der Waals surface area (Å²) in [6.45, 7) is 1.82. The van der Waals surface area contributed by atoms with Gasteiger partial charge in [-0.3, -0.25) is 18.6 Å². The third-order valence-corrected chi connectivity index (χ3v) is 7.60. The highest BCUT2D eigenvalue weighted by atomic mass is 32.1. The van der Waals surface area contributed by atoms with E-state index in [4.69, 9.17) is 4.98 Å². The zero-order valence-electron chi connectivity index (χ0n) is 18.6. The van der Waals surface area contributed by atoms with E-state index in [9.17, 15) is 9.59 Å². The Labute approximate surface area is 208 Å². The number of thiophene rings is 2. The summed E-state index contributed by atoms with van der Waals surface area (Å²) >= 11 is 3.00. The van der Waals surface area contributed by atoms with Crippen molar-refractivity contribution in [3.05, 3.63) is 93.8 Å². The van der Waals surface area contributed by atoms with Crippen molar-refractivity contribution in [2.75, 3.05) is 5.32 Å². The fourth-order valence-corrected chi connectivity index (χ4v) is 5.86. The Morgan fingerprint density at radius 2 is 1.91 bits per heavy atom. The number of hydrogen-bond acceptors (Lipinski definition) is 6. The van der Waals surface area contributed by atoms with E-state index in [0.717, 1.165) is 27.2 Å². The molecule has 0 saturated carbocycles. The number of rotatable bonds is 5. The van der Waals surface area contributed by atoms with Gasteiger partial charge in [-0.1, -0.05) is 42.5 Å². The molecule has 5 aromatic heterocycles. The van der Waals surface area contributed by atoms with E-state index in [1.165, 1.54) is 22.2 Å². The highest BCUT2D eigenvalue weighted by molar-refractivity contribution is 7.18. The predicted molar refractivity (Wildman–Crippen MR) is 141 cm³/mol. The fourth-order valence-electron chi connectivity index (χ4n) is 4.14. The first-order valence-electron chi connectivity index (χ1n) is 10.9. The third kappa shape index (κ3) is 3.74. The molecule has 0 aliphatic heterocycles. The number of aryl methyl sites for hydroxylation is 1. The van der Waals surface area contributed by atoms with Crippen molar-refractivity contribution in [1.29, 1.82) is 0 Å². The van der Waals surface area contributed by atoms with E-state index in [1.807, 2.05) is 82.9 Å². The van der Waals surface area contributed by atoms with Gasteiger partial charge in [0, 0.05) is 27.6 Å². The van der Waals surface area contributed by atoms with E-state index in [0.29, 0.717) is 21.7 Å². The minimum absolute atomic E-state index is 0.158. The molecule has 172 valence electrons. The second-order valence-electron chi connectivity index (χ2n) is 8.09. The van der Waals surface area contributed by atoms with Gasteiger partial charge in [0.25, 0.3) is 5.56 Å². The Hall–Kier alpha value is -4.08. The molecule has 7 nitrogen and oxygen atoms in total. The van der Waals surface area contributed by atoms with Crippen LogP contribution in [0.25, 0.3) is 37.6 Å². The quantitative estimate of drug-likeness (QED) is 0.344. The van der Waals surface area contributed by atoms with Crippen LogP contribution in [-0.2, 0) is 11.3 Å². The van der Waals surface area contributed by atoms with Gasteiger partial charge < -0.3 is 5.32 Å². The van der Waals surface area contributed by atoms with E-state index in [2.05, 4.69) is 10.3 Å². The summed E-state index contributed by atoms with van der Waals surface area (Å²) in [5.41, 5.74) is 3.95. The topological polar surface area (TPSA) is 81.3 Å². The minimum atomic E-state index is -0.332. The number of pyridine rings is 1. The Bertz CT molecular complexity index is 1750. The molecule has 1 N–H and O–H groups in total. The summed E-state index contributed by atoms with van der Waals surface area (Å²) in [4.78, 5) is 37.4. The van der Waals surface area contributed by atoms with Crippen molar-refractivity contribution in [2.24, 2.45) is 0 Å². The van der Waals surface area contributed by atoms with Gasteiger partial charge >= 0.3 is 0 Å². The molecule has 0 unspecified atom stereocenters. The van der Waals surface area contributed by atoms with Crippen LogP contribution in [0.3, 0.4) is 0 Å². The Morgan fingerprint density at radius 3 is 2.71 bits per heavy atom. The van der Waals surface area contributed by atoms with Crippen molar-refractivity contribution in [1.82, 2.24) is 18.9 Å². The fraction of sp³-hybridized carbons (Fsp3) is 0.0769. The van der Waals surface area contributed by atoms with Crippen LogP contribution < -0.4 is 10.9 Å². The number of anilines is 1. The number of benzene rings is 1. The Morgan fingerprint density at radius 1 is 1.06 bits per heavy atom. The molecule has 6 rings (SSSR count). The molecule has 1 aromatic carbocycles. The normalized spacial score (nSPS) is 11.3. The minimum Gasteiger partial charge on any atom is -0.308 e. The number of nitrogens with one attached hydrogen (secondary N) is 1.